The van der Waals surface area contributed by atoms with Gasteiger partial charge >= 0.3 is 0 Å². The smallest absolute Gasteiger partial charge is 0.184 e. The van der Waals surface area contributed by atoms with Crippen molar-refractivity contribution in [2.24, 2.45) is 0 Å². The maximum Gasteiger partial charge on any atom is 0.184 e. The molecule has 1 heterocycles. The summed E-state index contributed by atoms with van der Waals surface area (Å²) >= 11 is 0. The maximum atomic E-state index is 10.7. The summed E-state index contributed by atoms with van der Waals surface area (Å²) in [6.45, 7) is 5.27. The monoisotopic (exact) mass is 300 g/mol. The molecule has 0 aromatic rings. The van der Waals surface area contributed by atoms with E-state index in [0.717, 1.165) is 25.7 Å². The minimum atomic E-state index is -0.780. The number of aliphatic hydroxyl groups excluding tert-OH is 2. The Kier molecular flexibility index (Phi) is 8.11. The number of unbranched alkanes of at least 4 members (excludes halogenated alkanes) is 2. The molecule has 0 aromatic heterocycles. The SMILES string of the molecule is CC(=O)/C=C/CCCC[C@@H](C)O[C@@H]1OC(C)[C@H](O)CC1O. The van der Waals surface area contributed by atoms with Gasteiger partial charge in [0, 0.05) is 6.42 Å². The summed E-state index contributed by atoms with van der Waals surface area (Å²) < 4.78 is 11.2. The third-order valence-electron chi connectivity index (χ3n) is 3.64. The quantitative estimate of drug-likeness (QED) is 0.529. The highest BCUT2D eigenvalue weighted by Gasteiger charge is 2.35. The summed E-state index contributed by atoms with van der Waals surface area (Å²) in [6, 6.07) is 0. The van der Waals surface area contributed by atoms with Gasteiger partial charge in [-0.25, -0.2) is 0 Å². The number of carbonyl (C=O) groups is 1. The van der Waals surface area contributed by atoms with Crippen LogP contribution in [0.3, 0.4) is 0 Å². The lowest BCUT2D eigenvalue weighted by Gasteiger charge is -2.36. The molecule has 1 aliphatic heterocycles. The van der Waals surface area contributed by atoms with Crippen LogP contribution >= 0.6 is 0 Å². The highest BCUT2D eigenvalue weighted by atomic mass is 16.7. The topological polar surface area (TPSA) is 76.0 Å². The van der Waals surface area contributed by atoms with Crippen LogP contribution in [0.5, 0.6) is 0 Å². The second-order valence-electron chi connectivity index (χ2n) is 5.82. The van der Waals surface area contributed by atoms with Crippen LogP contribution in [0.15, 0.2) is 12.2 Å². The summed E-state index contributed by atoms with van der Waals surface area (Å²) in [7, 11) is 0. The van der Waals surface area contributed by atoms with E-state index in [1.54, 1.807) is 19.9 Å². The van der Waals surface area contributed by atoms with Gasteiger partial charge in [0.05, 0.1) is 18.3 Å². The molecule has 5 nitrogen and oxygen atoms in total. The van der Waals surface area contributed by atoms with Gasteiger partial charge in [-0.3, -0.25) is 4.79 Å². The van der Waals surface area contributed by atoms with Gasteiger partial charge in [0.25, 0.3) is 0 Å². The molecule has 5 heteroatoms. The van der Waals surface area contributed by atoms with Crippen molar-refractivity contribution in [3.63, 3.8) is 0 Å². The van der Waals surface area contributed by atoms with Crippen LogP contribution in [0.4, 0.5) is 0 Å². The molecule has 0 aromatic carbocycles. The lowest BCUT2D eigenvalue weighted by atomic mass is 10.0. The standard InChI is InChI=1S/C16H28O5/c1-11(17)8-6-4-5-7-9-12(2)20-16-15(19)10-14(18)13(3)21-16/h6,8,12-16,18-19H,4-5,7,9-10H2,1-3H3/b8-6+/t12-,13?,14-,15?,16-/m1/s1. The summed E-state index contributed by atoms with van der Waals surface area (Å²) in [6.07, 6.45) is 5.13. The first-order chi connectivity index (χ1) is 9.90. The van der Waals surface area contributed by atoms with Crippen LogP contribution in [0.1, 0.15) is 52.9 Å². The first kappa shape index (κ1) is 18.3. The third-order valence-corrected chi connectivity index (χ3v) is 3.64. The molecule has 1 fully saturated rings. The fourth-order valence-electron chi connectivity index (χ4n) is 2.31. The molecule has 1 rings (SSSR count). The second kappa shape index (κ2) is 9.30. The van der Waals surface area contributed by atoms with Crippen molar-refractivity contribution in [2.75, 3.05) is 0 Å². The summed E-state index contributed by atoms with van der Waals surface area (Å²) in [5, 5.41) is 19.4. The van der Waals surface area contributed by atoms with E-state index >= 15 is 0 Å². The van der Waals surface area contributed by atoms with E-state index < -0.39 is 18.5 Å². The molecule has 1 saturated heterocycles. The molecular formula is C16H28O5. The number of hydrogen-bond donors (Lipinski definition) is 2. The van der Waals surface area contributed by atoms with Crippen LogP contribution < -0.4 is 0 Å². The first-order valence-corrected chi connectivity index (χ1v) is 7.74. The molecule has 5 atom stereocenters. The largest absolute Gasteiger partial charge is 0.390 e. The minimum absolute atomic E-state index is 0.0103. The van der Waals surface area contributed by atoms with Gasteiger partial charge in [0.1, 0.15) is 6.10 Å². The molecule has 0 bridgehead atoms. The Labute approximate surface area is 126 Å². The zero-order chi connectivity index (χ0) is 15.8. The van der Waals surface area contributed by atoms with Gasteiger partial charge in [0.2, 0.25) is 0 Å². The van der Waals surface area contributed by atoms with E-state index in [0.29, 0.717) is 0 Å². The van der Waals surface area contributed by atoms with E-state index in [-0.39, 0.29) is 24.4 Å². The van der Waals surface area contributed by atoms with E-state index in [1.807, 2.05) is 13.0 Å². The average molecular weight is 300 g/mol. The molecule has 0 spiro atoms. The molecule has 2 unspecified atom stereocenters. The Balaban J connectivity index is 2.18. The zero-order valence-electron chi connectivity index (χ0n) is 13.2. The summed E-state index contributed by atoms with van der Waals surface area (Å²) in [4.78, 5) is 10.7. The molecule has 0 aliphatic carbocycles. The Hall–Kier alpha value is -0.750. The highest BCUT2D eigenvalue weighted by Crippen LogP contribution is 2.23. The molecule has 2 N–H and O–H groups in total. The van der Waals surface area contributed by atoms with Crippen LogP contribution in [-0.4, -0.2) is 46.7 Å². The van der Waals surface area contributed by atoms with Crippen LogP contribution in [0.2, 0.25) is 0 Å². The van der Waals surface area contributed by atoms with Gasteiger partial charge in [-0.2, -0.15) is 0 Å². The van der Waals surface area contributed by atoms with Crippen molar-refractivity contribution in [1.82, 2.24) is 0 Å². The molecule has 0 radical (unpaired) electrons. The van der Waals surface area contributed by atoms with Crippen LogP contribution in [0.25, 0.3) is 0 Å². The number of hydrogen-bond acceptors (Lipinski definition) is 5. The van der Waals surface area contributed by atoms with E-state index in [4.69, 9.17) is 9.47 Å². The predicted octanol–water partition coefficient (Wildman–Crippen LogP) is 1.95. The van der Waals surface area contributed by atoms with Gasteiger partial charge in [-0.1, -0.05) is 12.5 Å². The number of carbonyl (C=O) groups excluding carboxylic acids is 1. The summed E-state index contributed by atoms with van der Waals surface area (Å²) in [5.41, 5.74) is 0. The molecule has 0 amide bonds. The molecule has 21 heavy (non-hydrogen) atoms. The van der Waals surface area contributed by atoms with Crippen molar-refractivity contribution >= 4 is 5.78 Å². The second-order valence-corrected chi connectivity index (χ2v) is 5.82. The van der Waals surface area contributed by atoms with Gasteiger partial charge in [-0.15, -0.1) is 0 Å². The maximum absolute atomic E-state index is 10.7. The predicted molar refractivity (Wildman–Crippen MR) is 79.8 cm³/mol. The molecule has 0 saturated carbocycles. The molecule has 122 valence electrons. The van der Waals surface area contributed by atoms with E-state index in [1.165, 1.54) is 0 Å². The fraction of sp³-hybridized carbons (Fsp3) is 0.812. The lowest BCUT2D eigenvalue weighted by molar-refractivity contribution is -0.273. The number of ether oxygens (including phenoxy) is 2. The van der Waals surface area contributed by atoms with E-state index in [9.17, 15) is 15.0 Å². The Morgan fingerprint density at radius 2 is 2.10 bits per heavy atom. The lowest BCUT2D eigenvalue weighted by Crippen LogP contribution is -2.48. The number of rotatable bonds is 8. The number of aliphatic hydroxyl groups is 2. The number of ketones is 1. The van der Waals surface area contributed by atoms with Crippen molar-refractivity contribution in [1.29, 1.82) is 0 Å². The van der Waals surface area contributed by atoms with Crippen molar-refractivity contribution in [3.8, 4) is 0 Å². The van der Waals surface area contributed by atoms with Crippen LogP contribution in [-0.2, 0) is 14.3 Å². The molecular weight excluding hydrogens is 272 g/mol. The van der Waals surface area contributed by atoms with Gasteiger partial charge < -0.3 is 19.7 Å². The van der Waals surface area contributed by atoms with Gasteiger partial charge in [0.15, 0.2) is 12.1 Å². The molecule has 1 aliphatic rings. The zero-order valence-corrected chi connectivity index (χ0v) is 13.2. The third kappa shape index (κ3) is 7.18. The van der Waals surface area contributed by atoms with Crippen molar-refractivity contribution in [3.05, 3.63) is 12.2 Å². The fourth-order valence-corrected chi connectivity index (χ4v) is 2.31. The minimum Gasteiger partial charge on any atom is -0.390 e. The van der Waals surface area contributed by atoms with Crippen molar-refractivity contribution < 1.29 is 24.5 Å². The Morgan fingerprint density at radius 1 is 1.38 bits per heavy atom. The Morgan fingerprint density at radius 3 is 2.76 bits per heavy atom. The van der Waals surface area contributed by atoms with Crippen molar-refractivity contribution in [2.45, 2.75) is 83.6 Å². The van der Waals surface area contributed by atoms with Crippen LogP contribution in [0, 0.1) is 0 Å². The first-order valence-electron chi connectivity index (χ1n) is 7.74. The van der Waals surface area contributed by atoms with Gasteiger partial charge in [-0.05, 0) is 46.1 Å². The highest BCUT2D eigenvalue weighted by molar-refractivity contribution is 5.87. The average Bonchev–Trinajstić information content (AvgIpc) is 2.39. The Bertz CT molecular complexity index is 342. The van der Waals surface area contributed by atoms with E-state index in [2.05, 4.69) is 0 Å². The summed E-state index contributed by atoms with van der Waals surface area (Å²) in [5.74, 6) is 0.0754. The number of allylic oxidation sites excluding steroid dienone is 2. The normalized spacial score (nSPS) is 31.5.